The summed E-state index contributed by atoms with van der Waals surface area (Å²) in [6.07, 6.45) is 10.0. The lowest BCUT2D eigenvalue weighted by Gasteiger charge is -2.23. The van der Waals surface area contributed by atoms with Crippen molar-refractivity contribution in [2.45, 2.75) is 97.0 Å². The van der Waals surface area contributed by atoms with Gasteiger partial charge in [-0.2, -0.15) is 10.1 Å². The highest BCUT2D eigenvalue weighted by Gasteiger charge is 2.26. The third-order valence-corrected chi connectivity index (χ3v) is 5.54. The SMILES string of the molecule is Cc1ccc(-c2noc(C(CCCC3CCCCC3)CC(=O)OC(C)(C)C)n2)nn1. The average molecular weight is 415 g/mol. The second kappa shape index (κ2) is 10.1. The zero-order chi connectivity index (χ0) is 21.6. The van der Waals surface area contributed by atoms with Crippen LogP contribution in [0, 0.1) is 12.8 Å². The van der Waals surface area contributed by atoms with Crippen molar-refractivity contribution in [3.05, 3.63) is 23.7 Å². The van der Waals surface area contributed by atoms with Crippen LogP contribution in [0.3, 0.4) is 0 Å². The summed E-state index contributed by atoms with van der Waals surface area (Å²) in [4.78, 5) is 17.0. The number of hydrogen-bond donors (Lipinski definition) is 0. The van der Waals surface area contributed by atoms with E-state index in [1.807, 2.05) is 39.8 Å². The molecule has 1 saturated carbocycles. The zero-order valence-electron chi connectivity index (χ0n) is 18.7. The van der Waals surface area contributed by atoms with Crippen LogP contribution in [-0.2, 0) is 9.53 Å². The molecule has 0 N–H and O–H groups in total. The number of rotatable bonds is 8. The minimum atomic E-state index is -0.513. The summed E-state index contributed by atoms with van der Waals surface area (Å²) in [6.45, 7) is 7.51. The minimum Gasteiger partial charge on any atom is -0.460 e. The first-order chi connectivity index (χ1) is 14.3. The van der Waals surface area contributed by atoms with Crippen LogP contribution in [0.1, 0.15) is 96.1 Å². The molecule has 1 atom stereocenters. The molecule has 0 saturated heterocycles. The van der Waals surface area contributed by atoms with Gasteiger partial charge in [0.2, 0.25) is 11.7 Å². The number of nitrogens with zero attached hydrogens (tertiary/aromatic N) is 4. The Morgan fingerprint density at radius 2 is 1.97 bits per heavy atom. The first kappa shape index (κ1) is 22.4. The summed E-state index contributed by atoms with van der Waals surface area (Å²) in [5.41, 5.74) is 0.878. The van der Waals surface area contributed by atoms with Gasteiger partial charge in [0.25, 0.3) is 0 Å². The summed E-state index contributed by atoms with van der Waals surface area (Å²) >= 11 is 0. The van der Waals surface area contributed by atoms with Crippen molar-refractivity contribution in [3.8, 4) is 11.5 Å². The molecule has 3 rings (SSSR count). The minimum absolute atomic E-state index is 0.150. The van der Waals surface area contributed by atoms with Gasteiger partial charge < -0.3 is 9.26 Å². The Morgan fingerprint density at radius 3 is 2.63 bits per heavy atom. The second-order valence-electron chi connectivity index (χ2n) is 9.44. The highest BCUT2D eigenvalue weighted by Crippen LogP contribution is 2.32. The smallest absolute Gasteiger partial charge is 0.307 e. The first-order valence-electron chi connectivity index (χ1n) is 11.2. The molecule has 1 unspecified atom stereocenters. The van der Waals surface area contributed by atoms with Gasteiger partial charge >= 0.3 is 5.97 Å². The molecule has 2 heterocycles. The van der Waals surface area contributed by atoms with Gasteiger partial charge in [-0.3, -0.25) is 4.79 Å². The van der Waals surface area contributed by atoms with Crippen molar-refractivity contribution in [1.82, 2.24) is 20.3 Å². The van der Waals surface area contributed by atoms with Crippen molar-refractivity contribution in [3.63, 3.8) is 0 Å². The molecule has 0 radical (unpaired) electrons. The number of aryl methyl sites for hydroxylation is 1. The second-order valence-corrected chi connectivity index (χ2v) is 9.44. The molecule has 7 heteroatoms. The van der Waals surface area contributed by atoms with E-state index in [0.29, 0.717) is 17.4 Å². The molecular formula is C23H34N4O3. The van der Waals surface area contributed by atoms with Crippen LogP contribution < -0.4 is 0 Å². The Morgan fingerprint density at radius 1 is 1.20 bits per heavy atom. The quantitative estimate of drug-likeness (QED) is 0.534. The number of carbonyl (C=O) groups is 1. The Bertz CT molecular complexity index is 805. The van der Waals surface area contributed by atoms with Gasteiger partial charge in [-0.1, -0.05) is 50.1 Å². The third kappa shape index (κ3) is 6.89. The van der Waals surface area contributed by atoms with Crippen LogP contribution in [0.2, 0.25) is 0 Å². The number of aromatic nitrogens is 4. The van der Waals surface area contributed by atoms with Crippen LogP contribution in [0.5, 0.6) is 0 Å². The van der Waals surface area contributed by atoms with E-state index >= 15 is 0 Å². The maximum atomic E-state index is 12.5. The zero-order valence-corrected chi connectivity index (χ0v) is 18.7. The molecule has 1 aliphatic carbocycles. The fraction of sp³-hybridized carbons (Fsp3) is 0.696. The molecule has 2 aromatic heterocycles. The van der Waals surface area contributed by atoms with Gasteiger partial charge in [-0.05, 0) is 52.2 Å². The topological polar surface area (TPSA) is 91.0 Å². The normalized spacial score (nSPS) is 16.4. The lowest BCUT2D eigenvalue weighted by molar-refractivity contribution is -0.155. The summed E-state index contributed by atoms with van der Waals surface area (Å²) in [6, 6.07) is 3.68. The molecule has 164 valence electrons. The van der Waals surface area contributed by atoms with E-state index in [1.54, 1.807) is 0 Å². The maximum absolute atomic E-state index is 12.5. The monoisotopic (exact) mass is 414 g/mol. The van der Waals surface area contributed by atoms with E-state index in [2.05, 4.69) is 20.3 Å². The Balaban J connectivity index is 1.67. The molecule has 0 aromatic carbocycles. The average Bonchev–Trinajstić information content (AvgIpc) is 3.17. The summed E-state index contributed by atoms with van der Waals surface area (Å²) in [7, 11) is 0. The van der Waals surface area contributed by atoms with Crippen molar-refractivity contribution in [1.29, 1.82) is 0 Å². The van der Waals surface area contributed by atoms with E-state index in [4.69, 9.17) is 9.26 Å². The lowest BCUT2D eigenvalue weighted by atomic mass is 9.84. The van der Waals surface area contributed by atoms with Gasteiger partial charge in [-0.15, -0.1) is 5.10 Å². The van der Waals surface area contributed by atoms with E-state index in [9.17, 15) is 4.79 Å². The van der Waals surface area contributed by atoms with Crippen LogP contribution in [0.15, 0.2) is 16.7 Å². The van der Waals surface area contributed by atoms with Crippen molar-refractivity contribution in [2.75, 3.05) is 0 Å². The highest BCUT2D eigenvalue weighted by molar-refractivity contribution is 5.70. The van der Waals surface area contributed by atoms with Gasteiger partial charge in [0.1, 0.15) is 11.3 Å². The number of esters is 1. The maximum Gasteiger partial charge on any atom is 0.307 e. The van der Waals surface area contributed by atoms with Gasteiger partial charge in [0, 0.05) is 5.92 Å². The van der Waals surface area contributed by atoms with Gasteiger partial charge in [0.05, 0.1) is 12.1 Å². The molecule has 7 nitrogen and oxygen atoms in total. The van der Waals surface area contributed by atoms with Crippen LogP contribution in [-0.4, -0.2) is 31.9 Å². The van der Waals surface area contributed by atoms with E-state index in [0.717, 1.165) is 24.5 Å². The van der Waals surface area contributed by atoms with Crippen molar-refractivity contribution < 1.29 is 14.1 Å². The Hall–Kier alpha value is -2.31. The molecule has 0 bridgehead atoms. The predicted molar refractivity (Wildman–Crippen MR) is 114 cm³/mol. The largest absolute Gasteiger partial charge is 0.460 e. The molecule has 1 aliphatic rings. The van der Waals surface area contributed by atoms with Crippen molar-refractivity contribution >= 4 is 5.97 Å². The predicted octanol–water partition coefficient (Wildman–Crippen LogP) is 5.40. The van der Waals surface area contributed by atoms with E-state index in [1.165, 1.54) is 38.5 Å². The van der Waals surface area contributed by atoms with Gasteiger partial charge in [0.15, 0.2) is 0 Å². The van der Waals surface area contributed by atoms with Crippen LogP contribution in [0.4, 0.5) is 0 Å². The molecule has 0 spiro atoms. The molecule has 0 aliphatic heterocycles. The van der Waals surface area contributed by atoms with E-state index in [-0.39, 0.29) is 18.3 Å². The number of hydrogen-bond acceptors (Lipinski definition) is 7. The molecule has 30 heavy (non-hydrogen) atoms. The molecule has 1 fully saturated rings. The van der Waals surface area contributed by atoms with Crippen LogP contribution >= 0.6 is 0 Å². The lowest BCUT2D eigenvalue weighted by Crippen LogP contribution is -2.25. The first-order valence-corrected chi connectivity index (χ1v) is 11.2. The summed E-state index contributed by atoms with van der Waals surface area (Å²) in [5.74, 6) is 1.30. The molecule has 0 amide bonds. The number of carbonyl (C=O) groups excluding carboxylic acids is 1. The standard InChI is InChI=1S/C23H34N4O3/c1-16-13-14-19(26-25-16)21-24-22(30-27-21)18(15-20(28)29-23(2,3)4)12-8-11-17-9-6-5-7-10-17/h13-14,17-18H,5-12,15H2,1-4H3. The Labute approximate surface area is 179 Å². The fourth-order valence-corrected chi connectivity index (χ4v) is 4.05. The third-order valence-electron chi connectivity index (χ3n) is 5.54. The van der Waals surface area contributed by atoms with Gasteiger partial charge in [-0.25, -0.2) is 0 Å². The van der Waals surface area contributed by atoms with Crippen LogP contribution in [0.25, 0.3) is 11.5 Å². The van der Waals surface area contributed by atoms with E-state index < -0.39 is 5.60 Å². The van der Waals surface area contributed by atoms with Crippen molar-refractivity contribution in [2.24, 2.45) is 5.92 Å². The number of ether oxygens (including phenoxy) is 1. The molecule has 2 aromatic rings. The Kier molecular flexibility index (Phi) is 7.56. The summed E-state index contributed by atoms with van der Waals surface area (Å²) in [5, 5.41) is 12.3. The fourth-order valence-electron chi connectivity index (χ4n) is 4.05. The summed E-state index contributed by atoms with van der Waals surface area (Å²) < 4.78 is 11.1. The molecular weight excluding hydrogens is 380 g/mol. The highest BCUT2D eigenvalue weighted by atomic mass is 16.6.